The van der Waals surface area contributed by atoms with E-state index < -0.39 is 12.0 Å². The summed E-state index contributed by atoms with van der Waals surface area (Å²) in [5.74, 6) is 0.553. The van der Waals surface area contributed by atoms with Gasteiger partial charge < -0.3 is 24.2 Å². The molecule has 0 aromatic carbocycles. The van der Waals surface area contributed by atoms with Crippen LogP contribution >= 0.6 is 11.8 Å². The van der Waals surface area contributed by atoms with Crippen LogP contribution < -0.4 is 10.6 Å². The van der Waals surface area contributed by atoms with Crippen LogP contribution in [-0.2, 0) is 9.53 Å². The van der Waals surface area contributed by atoms with Crippen LogP contribution in [0.4, 0.5) is 4.79 Å². The Morgan fingerprint density at radius 1 is 1.38 bits per heavy atom. The Labute approximate surface area is 153 Å². The molecule has 2 aromatic heterocycles. The second-order valence-electron chi connectivity index (χ2n) is 5.31. The summed E-state index contributed by atoms with van der Waals surface area (Å²) in [7, 11) is 0. The number of thioether (sulfide) groups is 1. The van der Waals surface area contributed by atoms with Gasteiger partial charge in [-0.3, -0.25) is 0 Å². The minimum atomic E-state index is -0.454. The quantitative estimate of drug-likeness (QED) is 0.556. The maximum absolute atomic E-state index is 12.3. The summed E-state index contributed by atoms with van der Waals surface area (Å²) in [6.07, 6.45) is 2.08. The van der Waals surface area contributed by atoms with E-state index in [-0.39, 0.29) is 24.3 Å². The first-order valence-electron chi connectivity index (χ1n) is 8.10. The van der Waals surface area contributed by atoms with Gasteiger partial charge in [0.2, 0.25) is 0 Å². The predicted octanol–water partition coefficient (Wildman–Crippen LogP) is 2.33. The van der Waals surface area contributed by atoms with Crippen LogP contribution in [0.3, 0.4) is 0 Å². The van der Waals surface area contributed by atoms with Crippen molar-refractivity contribution in [1.82, 2.24) is 20.8 Å². The Morgan fingerprint density at radius 3 is 2.92 bits per heavy atom. The number of rotatable bonds is 7. The fraction of sp³-hybridized carbons (Fsp3) is 0.375. The third-order valence-corrected chi connectivity index (χ3v) is 4.47. The highest BCUT2D eigenvalue weighted by atomic mass is 32.2. The molecule has 10 heteroatoms. The molecule has 0 spiro atoms. The van der Waals surface area contributed by atoms with Crippen molar-refractivity contribution in [2.75, 3.05) is 12.4 Å². The molecule has 0 radical (unpaired) electrons. The van der Waals surface area contributed by atoms with Crippen molar-refractivity contribution < 1.29 is 23.2 Å². The Morgan fingerprint density at radius 2 is 2.23 bits per heavy atom. The summed E-state index contributed by atoms with van der Waals surface area (Å²) in [4.78, 5) is 24.2. The fourth-order valence-corrected chi connectivity index (χ4v) is 3.21. The van der Waals surface area contributed by atoms with Gasteiger partial charge in [-0.15, -0.1) is 10.2 Å². The molecule has 0 saturated heterocycles. The van der Waals surface area contributed by atoms with Gasteiger partial charge in [0.25, 0.3) is 11.1 Å². The van der Waals surface area contributed by atoms with Gasteiger partial charge in [0.15, 0.2) is 5.76 Å². The molecule has 9 nitrogen and oxygen atoms in total. The average Bonchev–Trinajstić information content (AvgIpc) is 3.30. The molecule has 2 N–H and O–H groups in total. The van der Waals surface area contributed by atoms with Crippen molar-refractivity contribution in [3.63, 3.8) is 0 Å². The van der Waals surface area contributed by atoms with E-state index in [0.29, 0.717) is 28.7 Å². The molecule has 3 heterocycles. The molecule has 26 heavy (non-hydrogen) atoms. The number of ether oxygens (including phenoxy) is 1. The average molecular weight is 378 g/mol. The number of hydrogen-bond acceptors (Lipinski definition) is 8. The van der Waals surface area contributed by atoms with Gasteiger partial charge in [-0.05, 0) is 25.5 Å². The van der Waals surface area contributed by atoms with Crippen molar-refractivity contribution in [2.24, 2.45) is 0 Å². The molecular formula is C16H18N4O5S. The Balaban J connectivity index is 1.78. The van der Waals surface area contributed by atoms with E-state index in [2.05, 4.69) is 20.8 Å². The van der Waals surface area contributed by atoms with E-state index in [0.717, 1.165) is 0 Å². The molecule has 0 aliphatic carbocycles. The first kappa shape index (κ1) is 18.1. The summed E-state index contributed by atoms with van der Waals surface area (Å²) in [6.45, 7) is 3.87. The molecule has 0 saturated carbocycles. The van der Waals surface area contributed by atoms with Gasteiger partial charge in [-0.1, -0.05) is 18.7 Å². The maximum atomic E-state index is 12.3. The summed E-state index contributed by atoms with van der Waals surface area (Å²) in [6, 6.07) is 2.67. The van der Waals surface area contributed by atoms with Gasteiger partial charge in [-0.2, -0.15) is 0 Å². The van der Waals surface area contributed by atoms with Crippen LogP contribution in [0.25, 0.3) is 11.7 Å². The van der Waals surface area contributed by atoms with Gasteiger partial charge in [-0.25, -0.2) is 9.59 Å². The van der Waals surface area contributed by atoms with E-state index in [1.807, 2.05) is 6.92 Å². The highest BCUT2D eigenvalue weighted by Crippen LogP contribution is 2.26. The predicted molar refractivity (Wildman–Crippen MR) is 92.1 cm³/mol. The van der Waals surface area contributed by atoms with Crippen LogP contribution in [0.2, 0.25) is 0 Å². The van der Waals surface area contributed by atoms with Crippen LogP contribution in [0, 0.1) is 0 Å². The number of urea groups is 1. The van der Waals surface area contributed by atoms with E-state index in [4.69, 9.17) is 13.6 Å². The zero-order chi connectivity index (χ0) is 18.5. The van der Waals surface area contributed by atoms with Crippen LogP contribution in [0.1, 0.15) is 20.3 Å². The molecule has 1 aliphatic heterocycles. The second kappa shape index (κ2) is 8.09. The number of esters is 1. The summed E-state index contributed by atoms with van der Waals surface area (Å²) in [5.41, 5.74) is 0.883. The molecule has 3 rings (SSSR count). The molecule has 138 valence electrons. The summed E-state index contributed by atoms with van der Waals surface area (Å²) < 4.78 is 15.8. The van der Waals surface area contributed by atoms with Crippen molar-refractivity contribution in [3.05, 3.63) is 29.7 Å². The van der Waals surface area contributed by atoms with E-state index in [1.165, 1.54) is 18.0 Å². The minimum Gasteiger partial charge on any atom is -0.463 e. The first-order valence-corrected chi connectivity index (χ1v) is 9.08. The lowest BCUT2D eigenvalue weighted by atomic mass is 10.0. The van der Waals surface area contributed by atoms with Gasteiger partial charge in [0.1, 0.15) is 0 Å². The Hall–Kier alpha value is -2.75. The van der Waals surface area contributed by atoms with E-state index in [9.17, 15) is 9.59 Å². The molecule has 0 bridgehead atoms. The Bertz CT molecular complexity index is 814. The monoisotopic (exact) mass is 378 g/mol. The lowest BCUT2D eigenvalue weighted by Crippen LogP contribution is -2.50. The molecule has 1 atom stereocenters. The number of carbonyl (C=O) groups excluding carboxylic acids is 2. The number of hydrogen-bond donors (Lipinski definition) is 2. The fourth-order valence-electron chi connectivity index (χ4n) is 2.48. The largest absolute Gasteiger partial charge is 0.463 e. The number of aromatic nitrogens is 2. The zero-order valence-electron chi connectivity index (χ0n) is 14.3. The smallest absolute Gasteiger partial charge is 0.337 e. The summed E-state index contributed by atoms with van der Waals surface area (Å²) >= 11 is 1.21. The van der Waals surface area contributed by atoms with Gasteiger partial charge in [0, 0.05) is 11.4 Å². The second-order valence-corrected chi connectivity index (χ2v) is 6.24. The molecule has 1 aliphatic rings. The lowest BCUT2D eigenvalue weighted by Gasteiger charge is -2.28. The minimum absolute atomic E-state index is 0.253. The number of amides is 2. The number of furan rings is 1. The third-order valence-electron chi connectivity index (χ3n) is 3.63. The molecule has 2 amide bonds. The molecular weight excluding hydrogens is 360 g/mol. The zero-order valence-corrected chi connectivity index (χ0v) is 15.1. The Kier molecular flexibility index (Phi) is 5.61. The highest BCUT2D eigenvalue weighted by Gasteiger charge is 2.31. The van der Waals surface area contributed by atoms with Crippen molar-refractivity contribution in [1.29, 1.82) is 0 Å². The maximum Gasteiger partial charge on any atom is 0.337 e. The number of nitrogens with one attached hydrogen (secondary N) is 2. The van der Waals surface area contributed by atoms with E-state index >= 15 is 0 Å². The lowest BCUT2D eigenvalue weighted by molar-refractivity contribution is -0.139. The van der Waals surface area contributed by atoms with Crippen LogP contribution in [0.15, 0.2) is 43.7 Å². The topological polar surface area (TPSA) is 119 Å². The van der Waals surface area contributed by atoms with Crippen molar-refractivity contribution in [2.45, 2.75) is 31.5 Å². The first-order chi connectivity index (χ1) is 12.6. The SMILES string of the molecule is CCOC(=O)C1=C(CSc2nnc(-c3ccco3)o2)NC(=O)N[C@H]1CC. The van der Waals surface area contributed by atoms with Gasteiger partial charge >= 0.3 is 12.0 Å². The molecule has 0 unspecified atom stereocenters. The van der Waals surface area contributed by atoms with Gasteiger partial charge in [0.05, 0.1) is 24.5 Å². The highest BCUT2D eigenvalue weighted by molar-refractivity contribution is 7.99. The molecule has 2 aromatic rings. The van der Waals surface area contributed by atoms with Crippen LogP contribution in [-0.4, -0.2) is 40.6 Å². The van der Waals surface area contributed by atoms with E-state index in [1.54, 1.807) is 19.1 Å². The van der Waals surface area contributed by atoms with Crippen LogP contribution in [0.5, 0.6) is 0 Å². The third kappa shape index (κ3) is 3.90. The molecule has 0 fully saturated rings. The number of nitrogens with zero attached hydrogens (tertiary/aromatic N) is 2. The standard InChI is InChI=1S/C16H18N4O5S/c1-3-9-12(14(21)23-4-2)10(18-15(22)17-9)8-26-16-20-19-13(25-16)11-6-5-7-24-11/h5-7,9H,3-4,8H2,1-2H3,(H2,17,18,22)/t9-/m0/s1. The number of carbonyl (C=O) groups is 2. The van der Waals surface area contributed by atoms with Crippen molar-refractivity contribution >= 4 is 23.8 Å². The summed E-state index contributed by atoms with van der Waals surface area (Å²) in [5, 5.41) is 13.6. The van der Waals surface area contributed by atoms with Crippen molar-refractivity contribution in [3.8, 4) is 11.7 Å². The normalized spacial score (nSPS) is 17.0.